The second kappa shape index (κ2) is 6.20. The molecular formula is C14H10N4O3S. The molecule has 0 bridgehead atoms. The Morgan fingerprint density at radius 3 is 2.64 bits per heavy atom. The number of furan rings is 1. The molecular weight excluding hydrogens is 304 g/mol. The predicted octanol–water partition coefficient (Wildman–Crippen LogP) is 2.23. The Bertz CT molecular complexity index is 803. The Balaban J connectivity index is 2.71. The quantitative estimate of drug-likeness (QED) is 0.819. The third-order valence-corrected chi connectivity index (χ3v) is 3.89. The molecule has 0 saturated heterocycles. The number of thioether (sulfide) groups is 1. The lowest BCUT2D eigenvalue weighted by Gasteiger charge is -2.12. The number of carbonyl (C=O) groups is 1. The first kappa shape index (κ1) is 15.4. The Hall–Kier alpha value is -2.97. The van der Waals surface area contributed by atoms with Gasteiger partial charge in [-0.3, -0.25) is 4.79 Å². The largest absolute Gasteiger partial charge is 0.480 e. The van der Waals surface area contributed by atoms with Crippen molar-refractivity contribution in [3.63, 3.8) is 0 Å². The van der Waals surface area contributed by atoms with Gasteiger partial charge < -0.3 is 15.3 Å². The number of pyridine rings is 1. The number of nitrogens with two attached hydrogens (primary N) is 1. The number of aromatic nitrogens is 1. The third-order valence-electron chi connectivity index (χ3n) is 2.82. The number of hydrogen-bond acceptors (Lipinski definition) is 7. The van der Waals surface area contributed by atoms with E-state index in [1.807, 2.05) is 12.1 Å². The molecule has 1 atom stereocenters. The van der Waals surface area contributed by atoms with Crippen LogP contribution in [0.4, 0.5) is 5.82 Å². The lowest BCUT2D eigenvalue weighted by molar-refractivity contribution is -0.136. The predicted molar refractivity (Wildman–Crippen MR) is 78.7 cm³/mol. The smallest absolute Gasteiger partial charge is 0.316 e. The van der Waals surface area contributed by atoms with Gasteiger partial charge in [-0.15, -0.1) is 0 Å². The van der Waals surface area contributed by atoms with Crippen LogP contribution in [0.25, 0.3) is 11.3 Å². The topological polar surface area (TPSA) is 137 Å². The van der Waals surface area contributed by atoms with Gasteiger partial charge in [0, 0.05) is 0 Å². The highest BCUT2D eigenvalue weighted by atomic mass is 32.2. The van der Waals surface area contributed by atoms with Gasteiger partial charge in [-0.05, 0) is 19.1 Å². The average Bonchev–Trinajstić information content (AvgIpc) is 3.00. The van der Waals surface area contributed by atoms with Crippen LogP contribution in [0.5, 0.6) is 0 Å². The highest BCUT2D eigenvalue weighted by Crippen LogP contribution is 2.36. The fraction of sp³-hybridized carbons (Fsp3) is 0.143. The van der Waals surface area contributed by atoms with E-state index >= 15 is 0 Å². The molecule has 8 heteroatoms. The van der Waals surface area contributed by atoms with Crippen molar-refractivity contribution in [2.24, 2.45) is 0 Å². The molecule has 0 aliphatic heterocycles. The average molecular weight is 314 g/mol. The molecule has 2 aromatic rings. The van der Waals surface area contributed by atoms with E-state index in [0.29, 0.717) is 5.76 Å². The van der Waals surface area contributed by atoms with Crippen LogP contribution in [0.2, 0.25) is 0 Å². The van der Waals surface area contributed by atoms with Gasteiger partial charge in [0.1, 0.15) is 39.6 Å². The first-order valence-corrected chi connectivity index (χ1v) is 6.94. The number of nitriles is 2. The van der Waals surface area contributed by atoms with Crippen LogP contribution in [0.3, 0.4) is 0 Å². The molecule has 3 N–H and O–H groups in total. The minimum atomic E-state index is -1.04. The van der Waals surface area contributed by atoms with Gasteiger partial charge in [-0.25, -0.2) is 4.98 Å². The van der Waals surface area contributed by atoms with Crippen molar-refractivity contribution in [3.05, 3.63) is 29.5 Å². The van der Waals surface area contributed by atoms with Crippen LogP contribution in [0.15, 0.2) is 27.8 Å². The fourth-order valence-electron chi connectivity index (χ4n) is 1.77. The Morgan fingerprint density at radius 2 is 2.14 bits per heavy atom. The Morgan fingerprint density at radius 1 is 1.45 bits per heavy atom. The van der Waals surface area contributed by atoms with Crippen molar-refractivity contribution < 1.29 is 14.3 Å². The molecule has 0 radical (unpaired) electrons. The van der Waals surface area contributed by atoms with E-state index in [2.05, 4.69) is 4.98 Å². The van der Waals surface area contributed by atoms with Crippen LogP contribution < -0.4 is 5.73 Å². The monoisotopic (exact) mass is 314 g/mol. The van der Waals surface area contributed by atoms with E-state index < -0.39 is 11.2 Å². The second-order valence-corrected chi connectivity index (χ2v) is 5.56. The summed E-state index contributed by atoms with van der Waals surface area (Å²) in [5, 5.41) is 27.0. The minimum Gasteiger partial charge on any atom is -0.480 e. The van der Waals surface area contributed by atoms with Gasteiger partial charge >= 0.3 is 5.97 Å². The van der Waals surface area contributed by atoms with Crippen LogP contribution in [0.1, 0.15) is 18.1 Å². The Labute approximate surface area is 130 Å². The van der Waals surface area contributed by atoms with E-state index in [1.54, 1.807) is 12.1 Å². The molecule has 2 aromatic heterocycles. The molecule has 0 amide bonds. The summed E-state index contributed by atoms with van der Waals surface area (Å²) in [5.74, 6) is -0.821. The number of rotatable bonds is 4. The maximum atomic E-state index is 11.0. The summed E-state index contributed by atoms with van der Waals surface area (Å²) in [5.41, 5.74) is 6.09. The molecule has 0 aliphatic carbocycles. The molecule has 110 valence electrons. The van der Waals surface area contributed by atoms with E-state index in [0.717, 1.165) is 11.8 Å². The highest BCUT2D eigenvalue weighted by Gasteiger charge is 2.24. The van der Waals surface area contributed by atoms with Crippen molar-refractivity contribution in [3.8, 4) is 23.5 Å². The minimum absolute atomic E-state index is 0.0267. The number of nitrogen functional groups attached to an aromatic ring is 1. The van der Waals surface area contributed by atoms with Gasteiger partial charge in [0.2, 0.25) is 0 Å². The van der Waals surface area contributed by atoms with E-state index in [-0.39, 0.29) is 27.5 Å². The number of carboxylic acids is 1. The number of aliphatic carboxylic acids is 1. The summed E-state index contributed by atoms with van der Waals surface area (Å²) < 4.78 is 5.26. The standard InChI is InChI=1S/C14H10N4O3S/c1-7(14(19)20)22-13-9(6-16)11(10-3-2-4-21-10)8(5-15)12(17)18-13/h2-4,7H,1H3,(H2,17,18)(H,19,20). The summed E-state index contributed by atoms with van der Waals surface area (Å²) in [6.07, 6.45) is 1.40. The van der Waals surface area contributed by atoms with Gasteiger partial charge in [0.05, 0.1) is 17.4 Å². The van der Waals surface area contributed by atoms with Crippen LogP contribution in [-0.2, 0) is 4.79 Å². The lowest BCUT2D eigenvalue weighted by atomic mass is 10.0. The molecule has 7 nitrogen and oxygen atoms in total. The number of anilines is 1. The van der Waals surface area contributed by atoms with Crippen LogP contribution in [-0.4, -0.2) is 21.3 Å². The third kappa shape index (κ3) is 2.73. The van der Waals surface area contributed by atoms with Crippen molar-refractivity contribution in [2.45, 2.75) is 17.2 Å². The second-order valence-electron chi connectivity index (χ2n) is 4.23. The normalized spacial score (nSPS) is 11.4. The Kier molecular flexibility index (Phi) is 4.35. The molecule has 22 heavy (non-hydrogen) atoms. The maximum absolute atomic E-state index is 11.0. The molecule has 0 saturated carbocycles. The first-order valence-electron chi connectivity index (χ1n) is 6.06. The van der Waals surface area contributed by atoms with Crippen molar-refractivity contribution in [1.29, 1.82) is 10.5 Å². The molecule has 0 fully saturated rings. The van der Waals surface area contributed by atoms with Crippen LogP contribution in [0, 0.1) is 22.7 Å². The van der Waals surface area contributed by atoms with Crippen LogP contribution >= 0.6 is 11.8 Å². The number of hydrogen-bond donors (Lipinski definition) is 2. The van der Waals surface area contributed by atoms with E-state index in [1.165, 1.54) is 13.2 Å². The fourth-order valence-corrected chi connectivity index (χ4v) is 2.62. The number of nitrogens with zero attached hydrogens (tertiary/aromatic N) is 3. The number of carboxylic acid groups (broad SMARTS) is 1. The molecule has 2 rings (SSSR count). The molecule has 2 heterocycles. The molecule has 0 spiro atoms. The van der Waals surface area contributed by atoms with Crippen molar-refractivity contribution in [2.75, 3.05) is 5.73 Å². The zero-order valence-corrected chi connectivity index (χ0v) is 12.2. The zero-order valence-electron chi connectivity index (χ0n) is 11.4. The van der Waals surface area contributed by atoms with Gasteiger partial charge in [0.25, 0.3) is 0 Å². The van der Waals surface area contributed by atoms with Crippen molar-refractivity contribution in [1.82, 2.24) is 4.98 Å². The summed E-state index contributed by atoms with van der Waals surface area (Å²) >= 11 is 0.883. The molecule has 1 unspecified atom stereocenters. The molecule has 0 aromatic carbocycles. The summed E-state index contributed by atoms with van der Waals surface area (Å²) in [4.78, 5) is 15.0. The van der Waals surface area contributed by atoms with Gasteiger partial charge in [0.15, 0.2) is 0 Å². The van der Waals surface area contributed by atoms with Crippen molar-refractivity contribution >= 4 is 23.5 Å². The lowest BCUT2D eigenvalue weighted by Crippen LogP contribution is -2.13. The summed E-state index contributed by atoms with van der Waals surface area (Å²) in [6, 6.07) is 7.06. The molecule has 0 aliphatic rings. The van der Waals surface area contributed by atoms with Gasteiger partial charge in [-0.1, -0.05) is 11.8 Å². The van der Waals surface area contributed by atoms with E-state index in [4.69, 9.17) is 15.3 Å². The highest BCUT2D eigenvalue weighted by molar-refractivity contribution is 8.00. The zero-order chi connectivity index (χ0) is 16.3. The van der Waals surface area contributed by atoms with Gasteiger partial charge in [-0.2, -0.15) is 10.5 Å². The summed E-state index contributed by atoms with van der Waals surface area (Å²) in [7, 11) is 0. The SMILES string of the molecule is CC(Sc1nc(N)c(C#N)c(-c2ccco2)c1C#N)C(=O)O. The maximum Gasteiger partial charge on any atom is 0.316 e. The van der Waals surface area contributed by atoms with E-state index in [9.17, 15) is 15.3 Å². The first-order chi connectivity index (χ1) is 10.5. The summed E-state index contributed by atoms with van der Waals surface area (Å²) in [6.45, 7) is 1.47.